The van der Waals surface area contributed by atoms with Crippen molar-refractivity contribution in [2.45, 2.75) is 10.2 Å². The fraction of sp³-hybridized carbons (Fsp3) is 0.222. The van der Waals surface area contributed by atoms with Crippen molar-refractivity contribution in [3.63, 3.8) is 0 Å². The predicted molar refractivity (Wildman–Crippen MR) is 62.9 cm³/mol. The van der Waals surface area contributed by atoms with E-state index in [4.69, 9.17) is 5.73 Å². The molecule has 0 aromatic carbocycles. The summed E-state index contributed by atoms with van der Waals surface area (Å²) in [5, 5.41) is 11.9. The molecule has 0 radical (unpaired) electrons. The van der Waals surface area contributed by atoms with Gasteiger partial charge in [-0.05, 0) is 28.3 Å². The minimum absolute atomic E-state index is 0.283. The Labute approximate surface area is 107 Å². The van der Waals surface area contributed by atoms with Crippen molar-refractivity contribution in [2.75, 3.05) is 12.8 Å². The maximum Gasteiger partial charge on any atom is 0.340 e. The van der Waals surface area contributed by atoms with Gasteiger partial charge in [0.15, 0.2) is 0 Å². The molecule has 0 unspecified atom stereocenters. The van der Waals surface area contributed by atoms with Gasteiger partial charge in [0, 0.05) is 7.05 Å². The summed E-state index contributed by atoms with van der Waals surface area (Å²) in [4.78, 5) is 15.7. The number of pyridine rings is 1. The van der Waals surface area contributed by atoms with Gasteiger partial charge < -0.3 is 10.5 Å². The number of nitrogens with two attached hydrogens (primary N) is 1. The van der Waals surface area contributed by atoms with Crippen LogP contribution < -0.4 is 5.73 Å². The van der Waals surface area contributed by atoms with Crippen molar-refractivity contribution in [1.82, 2.24) is 25.2 Å². The number of rotatable bonds is 3. The van der Waals surface area contributed by atoms with Gasteiger partial charge in [0.2, 0.25) is 5.16 Å². The minimum atomic E-state index is -0.507. The highest BCUT2D eigenvalue weighted by atomic mass is 32.2. The topological polar surface area (TPSA) is 109 Å². The standard InChI is InChI=1S/C9H10N6O2S/c1-15-9(12-13-14-15)18-7-6(8(16)17-2)3-5(10)4-11-7/h3-4H,10H2,1-2H3. The van der Waals surface area contributed by atoms with Crippen LogP contribution in [0.1, 0.15) is 10.4 Å². The first-order chi connectivity index (χ1) is 8.61. The number of aromatic nitrogens is 5. The Morgan fingerprint density at radius 3 is 2.94 bits per heavy atom. The van der Waals surface area contributed by atoms with Crippen LogP contribution in [0.25, 0.3) is 0 Å². The van der Waals surface area contributed by atoms with Gasteiger partial charge in [0.1, 0.15) is 5.03 Å². The summed E-state index contributed by atoms with van der Waals surface area (Å²) in [6.07, 6.45) is 1.46. The smallest absolute Gasteiger partial charge is 0.340 e. The van der Waals surface area contributed by atoms with Gasteiger partial charge in [-0.25, -0.2) is 14.5 Å². The number of hydrogen-bond donors (Lipinski definition) is 1. The average molecular weight is 266 g/mol. The van der Waals surface area contributed by atoms with Gasteiger partial charge in [-0.15, -0.1) is 5.10 Å². The Morgan fingerprint density at radius 2 is 2.33 bits per heavy atom. The van der Waals surface area contributed by atoms with Gasteiger partial charge in [-0.1, -0.05) is 0 Å². The van der Waals surface area contributed by atoms with Gasteiger partial charge in [0.05, 0.1) is 24.6 Å². The van der Waals surface area contributed by atoms with Crippen LogP contribution in [0, 0.1) is 0 Å². The lowest BCUT2D eigenvalue weighted by molar-refractivity contribution is 0.0596. The number of carbonyl (C=O) groups is 1. The lowest BCUT2D eigenvalue weighted by atomic mass is 10.3. The van der Waals surface area contributed by atoms with Gasteiger partial charge in [-0.2, -0.15) is 0 Å². The summed E-state index contributed by atoms with van der Waals surface area (Å²) >= 11 is 1.16. The minimum Gasteiger partial charge on any atom is -0.465 e. The van der Waals surface area contributed by atoms with Crippen LogP contribution in [-0.2, 0) is 11.8 Å². The van der Waals surface area contributed by atoms with E-state index in [9.17, 15) is 4.79 Å². The molecule has 0 aliphatic carbocycles. The highest BCUT2D eigenvalue weighted by Gasteiger charge is 2.17. The Hall–Kier alpha value is -2.16. The van der Waals surface area contributed by atoms with E-state index < -0.39 is 5.97 Å². The molecule has 0 atom stereocenters. The summed E-state index contributed by atoms with van der Waals surface area (Å²) in [7, 11) is 2.99. The third kappa shape index (κ3) is 2.40. The van der Waals surface area contributed by atoms with Crippen molar-refractivity contribution in [3.8, 4) is 0 Å². The number of esters is 1. The highest BCUT2D eigenvalue weighted by Crippen LogP contribution is 2.27. The summed E-state index contributed by atoms with van der Waals surface area (Å²) in [6, 6.07) is 1.50. The Morgan fingerprint density at radius 1 is 1.56 bits per heavy atom. The average Bonchev–Trinajstić information content (AvgIpc) is 2.76. The number of nitrogen functional groups attached to an aromatic ring is 1. The van der Waals surface area contributed by atoms with Gasteiger partial charge >= 0.3 is 5.97 Å². The fourth-order valence-corrected chi connectivity index (χ4v) is 1.98. The molecule has 94 valence electrons. The van der Waals surface area contributed by atoms with Crippen LogP contribution >= 0.6 is 11.8 Å². The highest BCUT2D eigenvalue weighted by molar-refractivity contribution is 7.99. The third-order valence-corrected chi connectivity index (χ3v) is 3.09. The molecular formula is C9H10N6O2S. The first-order valence-electron chi connectivity index (χ1n) is 4.86. The second kappa shape index (κ2) is 5.00. The number of aryl methyl sites for hydroxylation is 1. The molecule has 2 aromatic rings. The Balaban J connectivity index is 2.38. The van der Waals surface area contributed by atoms with E-state index in [1.807, 2.05) is 0 Å². The Kier molecular flexibility index (Phi) is 3.42. The summed E-state index contributed by atoms with van der Waals surface area (Å²) in [5.41, 5.74) is 6.27. The third-order valence-electron chi connectivity index (χ3n) is 2.05. The van der Waals surface area contributed by atoms with E-state index in [1.165, 1.54) is 24.1 Å². The number of methoxy groups -OCH3 is 1. The van der Waals surface area contributed by atoms with Crippen molar-refractivity contribution in [2.24, 2.45) is 7.05 Å². The fourth-order valence-electron chi connectivity index (χ4n) is 1.20. The molecule has 0 amide bonds. The van der Waals surface area contributed by atoms with E-state index in [1.54, 1.807) is 7.05 Å². The molecule has 2 rings (SSSR count). The number of hydrogen-bond acceptors (Lipinski definition) is 8. The molecule has 9 heteroatoms. The predicted octanol–water partition coefficient (Wildman–Crippen LogP) is 0.125. The van der Waals surface area contributed by atoms with Crippen molar-refractivity contribution in [1.29, 1.82) is 0 Å². The maximum absolute atomic E-state index is 11.6. The van der Waals surface area contributed by atoms with Crippen LogP contribution in [0.4, 0.5) is 5.69 Å². The van der Waals surface area contributed by atoms with Crippen molar-refractivity contribution in [3.05, 3.63) is 17.8 Å². The molecule has 0 aliphatic heterocycles. The molecule has 18 heavy (non-hydrogen) atoms. The number of carbonyl (C=O) groups excluding carboxylic acids is 1. The molecule has 8 nitrogen and oxygen atoms in total. The molecule has 0 spiro atoms. The Bertz CT molecular complexity index is 584. The van der Waals surface area contributed by atoms with E-state index in [2.05, 4.69) is 25.2 Å². The second-order valence-corrected chi connectivity index (χ2v) is 4.26. The first kappa shape index (κ1) is 12.3. The second-order valence-electron chi connectivity index (χ2n) is 3.30. The zero-order valence-electron chi connectivity index (χ0n) is 9.69. The molecule has 0 bridgehead atoms. The van der Waals surface area contributed by atoms with E-state index in [0.29, 0.717) is 15.9 Å². The molecule has 0 fully saturated rings. The van der Waals surface area contributed by atoms with Gasteiger partial charge in [0.25, 0.3) is 0 Å². The lowest BCUT2D eigenvalue weighted by Crippen LogP contribution is -2.06. The van der Waals surface area contributed by atoms with Crippen molar-refractivity contribution >= 4 is 23.4 Å². The van der Waals surface area contributed by atoms with E-state index in [-0.39, 0.29) is 5.56 Å². The number of tetrazole rings is 1. The van der Waals surface area contributed by atoms with Crippen LogP contribution in [0.2, 0.25) is 0 Å². The zero-order valence-corrected chi connectivity index (χ0v) is 10.5. The van der Waals surface area contributed by atoms with Crippen LogP contribution in [0.15, 0.2) is 22.4 Å². The summed E-state index contributed by atoms with van der Waals surface area (Å²) in [6.45, 7) is 0. The molecule has 2 N–H and O–H groups in total. The molecule has 2 heterocycles. The molecule has 0 saturated carbocycles. The SMILES string of the molecule is COC(=O)c1cc(N)cnc1Sc1nnnn1C. The number of anilines is 1. The largest absolute Gasteiger partial charge is 0.465 e. The van der Waals surface area contributed by atoms with Gasteiger partial charge in [-0.3, -0.25) is 0 Å². The molecule has 0 saturated heterocycles. The maximum atomic E-state index is 11.6. The molecule has 0 aliphatic rings. The normalized spacial score (nSPS) is 10.3. The quantitative estimate of drug-likeness (QED) is 0.780. The van der Waals surface area contributed by atoms with Crippen LogP contribution in [0.3, 0.4) is 0 Å². The van der Waals surface area contributed by atoms with Crippen LogP contribution in [-0.4, -0.2) is 38.3 Å². The summed E-state index contributed by atoms with van der Waals surface area (Å²) < 4.78 is 6.15. The molecular weight excluding hydrogens is 256 g/mol. The number of ether oxygens (including phenoxy) is 1. The van der Waals surface area contributed by atoms with E-state index >= 15 is 0 Å². The first-order valence-corrected chi connectivity index (χ1v) is 5.67. The lowest BCUT2D eigenvalue weighted by Gasteiger charge is -2.06. The monoisotopic (exact) mass is 266 g/mol. The number of nitrogens with zero attached hydrogens (tertiary/aromatic N) is 5. The summed E-state index contributed by atoms with van der Waals surface area (Å²) in [5.74, 6) is -0.507. The van der Waals surface area contributed by atoms with E-state index in [0.717, 1.165) is 11.8 Å². The van der Waals surface area contributed by atoms with Crippen LogP contribution in [0.5, 0.6) is 0 Å². The van der Waals surface area contributed by atoms with Crippen molar-refractivity contribution < 1.29 is 9.53 Å². The zero-order chi connectivity index (χ0) is 13.1. The molecule has 2 aromatic heterocycles.